The molecule has 0 bridgehead atoms. The molecule has 0 aromatic heterocycles. The summed E-state index contributed by atoms with van der Waals surface area (Å²) in [6, 6.07) is 10.2. The molecular weight excluding hydrogens is 276 g/mol. The lowest BCUT2D eigenvalue weighted by molar-refractivity contribution is -0.149. The molecule has 22 heavy (non-hydrogen) atoms. The van der Waals surface area contributed by atoms with Crippen molar-refractivity contribution in [2.45, 2.75) is 39.0 Å². The van der Waals surface area contributed by atoms with E-state index in [0.29, 0.717) is 25.3 Å². The first-order valence-electron chi connectivity index (χ1n) is 8.06. The van der Waals surface area contributed by atoms with Crippen molar-refractivity contribution in [1.29, 1.82) is 0 Å². The molecule has 2 N–H and O–H groups in total. The standard InChI is InChI=1S/C18H26N2O2/c1-13(2)15(14-8-5-4-6-9-14)12-20-17(22)18(10-7-11-18)16(21)19-3/h4-6,8-9,13,15H,7,10-12H2,1-3H3,(H,19,21)(H,20,22)/t15-/m0/s1. The van der Waals surface area contributed by atoms with Crippen molar-refractivity contribution in [2.24, 2.45) is 11.3 Å². The van der Waals surface area contributed by atoms with Gasteiger partial charge in [0.05, 0.1) is 0 Å². The molecule has 1 fully saturated rings. The summed E-state index contributed by atoms with van der Waals surface area (Å²) < 4.78 is 0. The first-order chi connectivity index (χ1) is 10.5. The maximum Gasteiger partial charge on any atom is 0.235 e. The van der Waals surface area contributed by atoms with E-state index in [4.69, 9.17) is 0 Å². The Kier molecular flexibility index (Phi) is 5.22. The second-order valence-electron chi connectivity index (χ2n) is 6.49. The van der Waals surface area contributed by atoms with Crippen molar-refractivity contribution in [3.63, 3.8) is 0 Å². The molecular formula is C18H26N2O2. The molecule has 1 aliphatic carbocycles. The van der Waals surface area contributed by atoms with Gasteiger partial charge in [-0.1, -0.05) is 50.6 Å². The Hall–Kier alpha value is -1.84. The van der Waals surface area contributed by atoms with Crippen LogP contribution in [0.1, 0.15) is 44.6 Å². The van der Waals surface area contributed by atoms with Crippen LogP contribution in [-0.2, 0) is 9.59 Å². The highest BCUT2D eigenvalue weighted by atomic mass is 16.2. The predicted molar refractivity (Wildman–Crippen MR) is 87.4 cm³/mol. The summed E-state index contributed by atoms with van der Waals surface area (Å²) in [5.74, 6) is 0.392. The molecule has 1 saturated carbocycles. The van der Waals surface area contributed by atoms with E-state index in [2.05, 4.69) is 36.6 Å². The Labute approximate surface area is 132 Å². The first kappa shape index (κ1) is 16.5. The molecule has 1 aromatic rings. The third kappa shape index (κ3) is 3.16. The van der Waals surface area contributed by atoms with Gasteiger partial charge in [-0.3, -0.25) is 9.59 Å². The second-order valence-corrected chi connectivity index (χ2v) is 6.49. The van der Waals surface area contributed by atoms with Crippen molar-refractivity contribution in [1.82, 2.24) is 10.6 Å². The molecule has 120 valence electrons. The van der Waals surface area contributed by atoms with E-state index in [1.807, 2.05) is 18.2 Å². The number of rotatable bonds is 6. The number of amides is 2. The second kappa shape index (κ2) is 6.95. The maximum atomic E-state index is 12.5. The van der Waals surface area contributed by atoms with Crippen molar-refractivity contribution >= 4 is 11.8 Å². The zero-order chi connectivity index (χ0) is 16.2. The quantitative estimate of drug-likeness (QED) is 0.793. The number of hydrogen-bond acceptors (Lipinski definition) is 2. The van der Waals surface area contributed by atoms with Gasteiger partial charge >= 0.3 is 0 Å². The van der Waals surface area contributed by atoms with Gasteiger partial charge < -0.3 is 10.6 Å². The average molecular weight is 302 g/mol. The predicted octanol–water partition coefficient (Wildman–Crippen LogP) is 2.46. The molecule has 4 heteroatoms. The van der Waals surface area contributed by atoms with Gasteiger partial charge in [0.1, 0.15) is 5.41 Å². The molecule has 1 aliphatic rings. The molecule has 1 aromatic carbocycles. The van der Waals surface area contributed by atoms with Crippen LogP contribution in [-0.4, -0.2) is 25.4 Å². The lowest BCUT2D eigenvalue weighted by atomic mass is 9.67. The van der Waals surface area contributed by atoms with Gasteiger partial charge in [0.15, 0.2) is 0 Å². The van der Waals surface area contributed by atoms with Gasteiger partial charge in [-0.15, -0.1) is 0 Å². The van der Waals surface area contributed by atoms with Crippen LogP contribution in [0, 0.1) is 11.3 Å². The molecule has 1 atom stereocenters. The minimum absolute atomic E-state index is 0.125. The van der Waals surface area contributed by atoms with Crippen LogP contribution in [0.3, 0.4) is 0 Å². The Balaban J connectivity index is 2.04. The lowest BCUT2D eigenvalue weighted by Crippen LogP contribution is -2.55. The summed E-state index contributed by atoms with van der Waals surface area (Å²) in [7, 11) is 1.59. The summed E-state index contributed by atoms with van der Waals surface area (Å²) in [5.41, 5.74) is 0.382. The molecule has 0 aliphatic heterocycles. The number of carbonyl (C=O) groups is 2. The van der Waals surface area contributed by atoms with E-state index in [1.54, 1.807) is 7.05 Å². The third-order valence-corrected chi connectivity index (χ3v) is 4.82. The van der Waals surface area contributed by atoms with Crippen LogP contribution in [0.15, 0.2) is 30.3 Å². The van der Waals surface area contributed by atoms with Gasteiger partial charge in [-0.2, -0.15) is 0 Å². The lowest BCUT2D eigenvalue weighted by Gasteiger charge is -2.38. The van der Waals surface area contributed by atoms with Crippen molar-refractivity contribution in [3.05, 3.63) is 35.9 Å². The minimum atomic E-state index is -0.840. The molecule has 0 heterocycles. The third-order valence-electron chi connectivity index (χ3n) is 4.82. The van der Waals surface area contributed by atoms with E-state index in [-0.39, 0.29) is 17.7 Å². The molecule has 0 unspecified atom stereocenters. The van der Waals surface area contributed by atoms with E-state index < -0.39 is 5.41 Å². The smallest absolute Gasteiger partial charge is 0.235 e. The number of carbonyl (C=O) groups excluding carboxylic acids is 2. The van der Waals surface area contributed by atoms with E-state index in [1.165, 1.54) is 5.56 Å². The Morgan fingerprint density at radius 3 is 2.23 bits per heavy atom. The summed E-state index contributed by atoms with van der Waals surface area (Å²) >= 11 is 0. The van der Waals surface area contributed by atoms with Crippen LogP contribution in [0.25, 0.3) is 0 Å². The van der Waals surface area contributed by atoms with Gasteiger partial charge in [0, 0.05) is 19.5 Å². The molecule has 0 saturated heterocycles. The van der Waals surface area contributed by atoms with Crippen LogP contribution >= 0.6 is 0 Å². The first-order valence-corrected chi connectivity index (χ1v) is 8.06. The fourth-order valence-corrected chi connectivity index (χ4v) is 3.14. The Bertz CT molecular complexity index is 521. The Morgan fingerprint density at radius 2 is 1.77 bits per heavy atom. The van der Waals surface area contributed by atoms with Crippen molar-refractivity contribution in [3.8, 4) is 0 Å². The minimum Gasteiger partial charge on any atom is -0.358 e. The number of hydrogen-bond donors (Lipinski definition) is 2. The Morgan fingerprint density at radius 1 is 1.14 bits per heavy atom. The van der Waals surface area contributed by atoms with Crippen LogP contribution in [0.4, 0.5) is 0 Å². The molecule has 0 spiro atoms. The zero-order valence-electron chi connectivity index (χ0n) is 13.7. The largest absolute Gasteiger partial charge is 0.358 e. The molecule has 0 radical (unpaired) electrons. The fraction of sp³-hybridized carbons (Fsp3) is 0.556. The van der Waals surface area contributed by atoms with E-state index >= 15 is 0 Å². The van der Waals surface area contributed by atoms with Crippen LogP contribution in [0.2, 0.25) is 0 Å². The molecule has 2 amide bonds. The fourth-order valence-electron chi connectivity index (χ4n) is 3.14. The van der Waals surface area contributed by atoms with Gasteiger partial charge in [-0.05, 0) is 24.3 Å². The zero-order valence-corrected chi connectivity index (χ0v) is 13.7. The summed E-state index contributed by atoms with van der Waals surface area (Å²) in [5, 5.41) is 5.65. The maximum absolute atomic E-state index is 12.5. The monoisotopic (exact) mass is 302 g/mol. The molecule has 4 nitrogen and oxygen atoms in total. The topological polar surface area (TPSA) is 58.2 Å². The van der Waals surface area contributed by atoms with Crippen molar-refractivity contribution < 1.29 is 9.59 Å². The highest BCUT2D eigenvalue weighted by molar-refractivity contribution is 6.05. The van der Waals surface area contributed by atoms with Crippen LogP contribution in [0.5, 0.6) is 0 Å². The van der Waals surface area contributed by atoms with Crippen molar-refractivity contribution in [2.75, 3.05) is 13.6 Å². The van der Waals surface area contributed by atoms with E-state index in [9.17, 15) is 9.59 Å². The summed E-state index contributed by atoms with van der Waals surface area (Å²) in [6.45, 7) is 4.88. The highest BCUT2D eigenvalue weighted by Gasteiger charge is 2.50. The van der Waals surface area contributed by atoms with Gasteiger partial charge in [-0.25, -0.2) is 0 Å². The number of nitrogens with one attached hydrogen (secondary N) is 2. The summed E-state index contributed by atoms with van der Waals surface area (Å²) in [6.07, 6.45) is 2.24. The van der Waals surface area contributed by atoms with Gasteiger partial charge in [0.25, 0.3) is 0 Å². The molecule has 2 rings (SSSR count). The SMILES string of the molecule is CNC(=O)C1(C(=O)NC[C@H](c2ccccc2)C(C)C)CCC1. The van der Waals surface area contributed by atoms with Gasteiger partial charge in [0.2, 0.25) is 11.8 Å². The van der Waals surface area contributed by atoms with Crippen LogP contribution < -0.4 is 10.6 Å². The van der Waals surface area contributed by atoms with E-state index in [0.717, 1.165) is 6.42 Å². The average Bonchev–Trinajstić information content (AvgIpc) is 2.46. The number of benzene rings is 1. The highest BCUT2D eigenvalue weighted by Crippen LogP contribution is 2.41. The normalized spacial score (nSPS) is 17.5. The summed E-state index contributed by atoms with van der Waals surface area (Å²) in [4.78, 5) is 24.6.